The van der Waals surface area contributed by atoms with Crippen LogP contribution in [0.2, 0.25) is 0 Å². The van der Waals surface area contributed by atoms with Crippen molar-refractivity contribution in [3.8, 4) is 0 Å². The molecule has 1 atom stereocenters. The van der Waals surface area contributed by atoms with Crippen molar-refractivity contribution in [3.05, 3.63) is 11.6 Å². The highest BCUT2D eigenvalue weighted by atomic mass is 14.6. The van der Waals surface area contributed by atoms with Crippen LogP contribution in [0.3, 0.4) is 0 Å². The van der Waals surface area contributed by atoms with Gasteiger partial charge in [0.1, 0.15) is 0 Å². The summed E-state index contributed by atoms with van der Waals surface area (Å²) >= 11 is 0. The van der Waals surface area contributed by atoms with Crippen LogP contribution < -0.4 is 0 Å². The van der Waals surface area contributed by atoms with E-state index in [-0.39, 0.29) is 0 Å². The lowest BCUT2D eigenvalue weighted by molar-refractivity contribution is 0.188. The first kappa shape index (κ1) is 5.52. The number of hydrogen-bond donors (Lipinski definition) is 0. The third-order valence-electron chi connectivity index (χ3n) is 3.64. The maximum atomic E-state index is 2.47. The molecule has 0 amide bonds. The first-order valence-corrected chi connectivity index (χ1v) is 3.78. The van der Waals surface area contributed by atoms with Crippen molar-refractivity contribution in [1.82, 2.24) is 0 Å². The topological polar surface area (TPSA) is 0 Å². The minimum atomic E-state index is 0.549. The van der Waals surface area contributed by atoms with Crippen LogP contribution in [0, 0.1) is 10.8 Å². The van der Waals surface area contributed by atoms with Crippen molar-refractivity contribution in [2.75, 3.05) is 0 Å². The van der Waals surface area contributed by atoms with Crippen LogP contribution in [0.25, 0.3) is 0 Å². The monoisotopic (exact) mass is 122 g/mol. The lowest BCUT2D eigenvalue weighted by atomic mass is 9.59. The predicted octanol–water partition coefficient (Wildman–Crippen LogP) is 2.75. The van der Waals surface area contributed by atoms with E-state index in [1.54, 1.807) is 5.57 Å². The molecule has 0 spiro atoms. The highest BCUT2D eigenvalue weighted by Crippen LogP contribution is 2.65. The summed E-state index contributed by atoms with van der Waals surface area (Å²) in [4.78, 5) is 0. The zero-order valence-electron chi connectivity index (χ0n) is 6.49. The van der Waals surface area contributed by atoms with Gasteiger partial charge in [0, 0.05) is 0 Å². The molecule has 0 aromatic rings. The Morgan fingerprint density at radius 3 is 2.11 bits per heavy atom. The quantitative estimate of drug-likeness (QED) is 0.433. The normalized spacial score (nSPS) is 44.1. The zero-order chi connectivity index (χ0) is 6.70. The lowest BCUT2D eigenvalue weighted by Crippen LogP contribution is -2.36. The molecular weight excluding hydrogens is 108 g/mol. The molecule has 0 heteroatoms. The van der Waals surface area contributed by atoms with Crippen LogP contribution in [-0.4, -0.2) is 0 Å². The Kier molecular flexibility index (Phi) is 0.685. The largest absolute Gasteiger partial charge is 0.0779 e. The molecule has 0 aliphatic heterocycles. The molecule has 0 heterocycles. The predicted molar refractivity (Wildman–Crippen MR) is 39.2 cm³/mol. The molecule has 1 fully saturated rings. The molecule has 1 unspecified atom stereocenters. The van der Waals surface area contributed by atoms with E-state index >= 15 is 0 Å². The Morgan fingerprint density at radius 1 is 1.33 bits per heavy atom. The van der Waals surface area contributed by atoms with Gasteiger partial charge in [0.2, 0.25) is 0 Å². The summed E-state index contributed by atoms with van der Waals surface area (Å²) in [5, 5.41) is 0. The Labute approximate surface area is 57.0 Å². The first-order valence-electron chi connectivity index (χ1n) is 3.78. The van der Waals surface area contributed by atoms with Gasteiger partial charge in [0.15, 0.2) is 0 Å². The van der Waals surface area contributed by atoms with E-state index in [9.17, 15) is 0 Å². The fourth-order valence-electron chi connectivity index (χ4n) is 2.20. The summed E-state index contributed by atoms with van der Waals surface area (Å²) in [7, 11) is 0. The van der Waals surface area contributed by atoms with Gasteiger partial charge in [0.05, 0.1) is 0 Å². The van der Waals surface area contributed by atoms with Crippen LogP contribution >= 0.6 is 0 Å². The molecule has 3 aliphatic rings. The van der Waals surface area contributed by atoms with Crippen molar-refractivity contribution < 1.29 is 0 Å². The highest BCUT2D eigenvalue weighted by molar-refractivity contribution is 5.38. The Bertz CT molecular complexity index is 183. The Morgan fingerprint density at radius 2 is 2.00 bits per heavy atom. The molecule has 0 N–H and O–H groups in total. The number of allylic oxidation sites excluding steroid dienone is 2. The lowest BCUT2D eigenvalue weighted by Gasteiger charge is -2.45. The Hall–Kier alpha value is -0.260. The van der Waals surface area contributed by atoms with Gasteiger partial charge in [-0.25, -0.2) is 0 Å². The molecule has 50 valence electrons. The average molecular weight is 122 g/mol. The van der Waals surface area contributed by atoms with Gasteiger partial charge in [-0.05, 0) is 23.7 Å². The number of fused-ring (bicyclic) bond motifs is 1. The second-order valence-corrected chi connectivity index (χ2v) is 4.21. The minimum absolute atomic E-state index is 0.549. The summed E-state index contributed by atoms with van der Waals surface area (Å²) < 4.78 is 0. The molecule has 3 aliphatic carbocycles. The number of rotatable bonds is 0. The van der Waals surface area contributed by atoms with E-state index < -0.39 is 0 Å². The summed E-state index contributed by atoms with van der Waals surface area (Å²) in [6.07, 6.45) is 5.23. The molecule has 9 heavy (non-hydrogen) atoms. The van der Waals surface area contributed by atoms with Crippen molar-refractivity contribution in [3.63, 3.8) is 0 Å². The number of hydrogen-bond acceptors (Lipinski definition) is 0. The maximum absolute atomic E-state index is 2.47. The van der Waals surface area contributed by atoms with E-state index in [0.29, 0.717) is 10.8 Å². The second-order valence-electron chi connectivity index (χ2n) is 4.21. The standard InChI is InChI=1S/C9H14/c1-8(2)7-4-5-9(8,3)6-7/h6H,4-5H2,1-3H3. The fourth-order valence-corrected chi connectivity index (χ4v) is 2.20. The van der Waals surface area contributed by atoms with E-state index in [0.717, 1.165) is 0 Å². The van der Waals surface area contributed by atoms with Crippen LogP contribution in [0.4, 0.5) is 0 Å². The van der Waals surface area contributed by atoms with Gasteiger partial charge >= 0.3 is 0 Å². The van der Waals surface area contributed by atoms with E-state index in [1.807, 2.05) is 0 Å². The van der Waals surface area contributed by atoms with Crippen molar-refractivity contribution in [2.45, 2.75) is 33.6 Å². The van der Waals surface area contributed by atoms with Crippen LogP contribution in [0.15, 0.2) is 11.6 Å². The third-order valence-corrected chi connectivity index (χ3v) is 3.64. The minimum Gasteiger partial charge on any atom is -0.0779 e. The Balaban J connectivity index is 2.46. The fraction of sp³-hybridized carbons (Fsp3) is 0.778. The van der Waals surface area contributed by atoms with E-state index in [4.69, 9.17) is 0 Å². The average Bonchev–Trinajstić information content (AvgIpc) is 2.21. The van der Waals surface area contributed by atoms with Gasteiger partial charge < -0.3 is 0 Å². The van der Waals surface area contributed by atoms with Gasteiger partial charge in [-0.1, -0.05) is 32.4 Å². The van der Waals surface area contributed by atoms with Crippen molar-refractivity contribution >= 4 is 0 Å². The molecule has 0 nitrogen and oxygen atoms in total. The van der Waals surface area contributed by atoms with Gasteiger partial charge in [0.25, 0.3) is 0 Å². The molecule has 0 radical (unpaired) electrons. The van der Waals surface area contributed by atoms with Crippen LogP contribution in [0.5, 0.6) is 0 Å². The molecule has 0 saturated heterocycles. The van der Waals surface area contributed by atoms with Crippen molar-refractivity contribution in [2.24, 2.45) is 10.8 Å². The molecular formula is C9H14. The summed E-state index contributed by atoms with van der Waals surface area (Å²) in [6, 6.07) is 0. The van der Waals surface area contributed by atoms with Crippen LogP contribution in [0.1, 0.15) is 33.6 Å². The molecule has 2 bridgehead atoms. The maximum Gasteiger partial charge on any atom is -0.00523 e. The van der Waals surface area contributed by atoms with E-state index in [1.165, 1.54) is 12.8 Å². The second kappa shape index (κ2) is 1.12. The third kappa shape index (κ3) is 0.385. The molecule has 1 saturated carbocycles. The SMILES string of the molecule is CC12C=C(CC1)C2(C)C. The summed E-state index contributed by atoms with van der Waals surface area (Å²) in [6.45, 7) is 7.12. The molecule has 0 aromatic carbocycles. The van der Waals surface area contributed by atoms with Gasteiger partial charge in [-0.2, -0.15) is 0 Å². The van der Waals surface area contributed by atoms with E-state index in [2.05, 4.69) is 26.8 Å². The highest BCUT2D eigenvalue weighted by Gasteiger charge is 2.54. The van der Waals surface area contributed by atoms with Gasteiger partial charge in [-0.3, -0.25) is 0 Å². The van der Waals surface area contributed by atoms with Crippen LogP contribution in [-0.2, 0) is 0 Å². The summed E-state index contributed by atoms with van der Waals surface area (Å²) in [5.74, 6) is 0. The molecule has 3 rings (SSSR count). The smallest absolute Gasteiger partial charge is 0.00523 e. The van der Waals surface area contributed by atoms with Gasteiger partial charge in [-0.15, -0.1) is 0 Å². The first-order chi connectivity index (χ1) is 4.06. The summed E-state index contributed by atoms with van der Waals surface area (Å²) in [5.41, 5.74) is 2.82. The zero-order valence-corrected chi connectivity index (χ0v) is 6.49. The van der Waals surface area contributed by atoms with Crippen molar-refractivity contribution in [1.29, 1.82) is 0 Å². The molecule has 0 aromatic heterocycles.